The summed E-state index contributed by atoms with van der Waals surface area (Å²) in [4.78, 5) is 17.5. The van der Waals surface area contributed by atoms with Crippen molar-refractivity contribution in [2.45, 2.75) is 98.7 Å². The Bertz CT molecular complexity index is 1650. The van der Waals surface area contributed by atoms with E-state index in [9.17, 15) is 20.1 Å². The van der Waals surface area contributed by atoms with Gasteiger partial charge < -0.3 is 34.4 Å². The highest BCUT2D eigenvalue weighted by Gasteiger charge is 2.73. The molecule has 2 aromatic carbocycles. The van der Waals surface area contributed by atoms with Gasteiger partial charge >= 0.3 is 0 Å². The van der Waals surface area contributed by atoms with Crippen molar-refractivity contribution in [1.82, 2.24) is 9.80 Å². The lowest BCUT2D eigenvalue weighted by Gasteiger charge is -2.62. The molecule has 1 saturated heterocycles. The number of carbonyl (C=O) groups excluding carboxylic acids is 1. The molecule has 0 radical (unpaired) electrons. The standard InChI is InChI=1S/C20H23NO4.C17H21NO3/c22-13-4-3-12-9-15-20(24)6-5-14(23)18-19(20,16(12)17(13)25-18)7-8-21(15)10-11-1-2-11;1-18-8-7-17-6-5-12(19)9-14(17)21-16-13(20-2)4-3-11(10-18)15(16)17/h3-4,11,15,18,22,24H,1-2,5-10H2;3-6,12,14,19H,7-10H2,1-2H3/t15-,18+,19+,20-;12-,14-,17-/m10/s1. The highest BCUT2D eigenvalue weighted by atomic mass is 16.5. The Morgan fingerprint density at radius 2 is 1.85 bits per heavy atom. The fourth-order valence-electron chi connectivity index (χ4n) is 10.3. The van der Waals surface area contributed by atoms with E-state index in [2.05, 4.69) is 29.0 Å². The molecule has 244 valence electrons. The van der Waals surface area contributed by atoms with Gasteiger partial charge in [-0.15, -0.1) is 0 Å². The molecule has 3 N–H and O–H groups in total. The molecule has 2 saturated carbocycles. The second-order valence-electron chi connectivity index (χ2n) is 15.1. The van der Waals surface area contributed by atoms with Crippen LogP contribution in [0.4, 0.5) is 0 Å². The molecular weight excluding hydrogens is 584 g/mol. The van der Waals surface area contributed by atoms with Gasteiger partial charge in [0.1, 0.15) is 6.10 Å². The van der Waals surface area contributed by atoms with E-state index in [0.717, 1.165) is 74.0 Å². The van der Waals surface area contributed by atoms with Crippen molar-refractivity contribution < 1.29 is 34.3 Å². The lowest BCUT2D eigenvalue weighted by Crippen LogP contribution is -2.76. The molecule has 0 aromatic heterocycles. The number of phenolic OH excluding ortho intramolecular Hbond substituents is 1. The Morgan fingerprint density at radius 1 is 1.02 bits per heavy atom. The minimum absolute atomic E-state index is 0.00838. The molecule has 4 heterocycles. The zero-order chi connectivity index (χ0) is 31.6. The number of Topliss-reactive ketones (excluding diaryl/α,β-unsaturated/α-hetero) is 1. The van der Waals surface area contributed by atoms with E-state index in [1.54, 1.807) is 13.2 Å². The molecule has 7 atom stereocenters. The number of hydrogen-bond donors (Lipinski definition) is 3. The first-order valence-electron chi connectivity index (χ1n) is 17.1. The van der Waals surface area contributed by atoms with E-state index in [-0.39, 0.29) is 29.1 Å². The summed E-state index contributed by atoms with van der Waals surface area (Å²) in [5, 5.41) is 32.3. The van der Waals surface area contributed by atoms with E-state index in [1.807, 2.05) is 18.2 Å². The molecule has 46 heavy (non-hydrogen) atoms. The lowest BCUT2D eigenvalue weighted by molar-refractivity contribution is -0.188. The molecule has 0 unspecified atom stereocenters. The number of benzene rings is 2. The Hall–Kier alpha value is -3.11. The number of rotatable bonds is 3. The molecule has 4 aliphatic carbocycles. The van der Waals surface area contributed by atoms with Crippen molar-refractivity contribution in [1.29, 1.82) is 0 Å². The van der Waals surface area contributed by atoms with Gasteiger partial charge in [0.25, 0.3) is 0 Å². The smallest absolute Gasteiger partial charge is 0.174 e. The van der Waals surface area contributed by atoms with Gasteiger partial charge in [0.2, 0.25) is 0 Å². The van der Waals surface area contributed by atoms with Crippen LogP contribution in [-0.4, -0.2) is 94.6 Å². The van der Waals surface area contributed by atoms with Crippen LogP contribution < -0.4 is 14.2 Å². The number of hydrogen-bond acceptors (Lipinski definition) is 9. The fourth-order valence-corrected chi connectivity index (χ4v) is 10.3. The van der Waals surface area contributed by atoms with Gasteiger partial charge in [0.15, 0.2) is 34.9 Å². The maximum Gasteiger partial charge on any atom is 0.174 e. The number of aromatic hydroxyl groups is 1. The van der Waals surface area contributed by atoms with Crippen LogP contribution in [0.25, 0.3) is 0 Å². The second kappa shape index (κ2) is 9.95. The molecule has 9 heteroatoms. The van der Waals surface area contributed by atoms with Crippen molar-refractivity contribution in [3.63, 3.8) is 0 Å². The highest BCUT2D eigenvalue weighted by Crippen LogP contribution is 2.65. The third-order valence-electron chi connectivity index (χ3n) is 12.7. The average molecular weight is 629 g/mol. The number of ether oxygens (including phenoxy) is 3. The second-order valence-corrected chi connectivity index (χ2v) is 15.1. The summed E-state index contributed by atoms with van der Waals surface area (Å²) in [5.74, 6) is 3.07. The van der Waals surface area contributed by atoms with Gasteiger partial charge in [0.05, 0.1) is 29.6 Å². The van der Waals surface area contributed by atoms with Crippen LogP contribution in [0, 0.1) is 5.92 Å². The van der Waals surface area contributed by atoms with Crippen LogP contribution in [0.1, 0.15) is 67.2 Å². The van der Waals surface area contributed by atoms with Gasteiger partial charge in [-0.3, -0.25) is 9.69 Å². The molecule has 8 aliphatic rings. The summed E-state index contributed by atoms with van der Waals surface area (Å²) < 4.78 is 17.8. The van der Waals surface area contributed by atoms with Crippen LogP contribution in [0.2, 0.25) is 0 Å². The number of aliphatic hydroxyl groups is 2. The van der Waals surface area contributed by atoms with E-state index < -0.39 is 23.2 Å². The van der Waals surface area contributed by atoms with Gasteiger partial charge in [-0.25, -0.2) is 0 Å². The lowest BCUT2D eigenvalue weighted by atomic mass is 9.49. The SMILES string of the molecule is COc1ccc2c3c1O[C@H]1C[C@@H](O)C=C[C@@]31CCN(C)C2.O=C1CC[C@@]2(O)[C@H]3Cc4ccc(O)c5c4[C@@]2(CCN3CC2CC2)[C@H]1O5. The minimum atomic E-state index is -0.940. The van der Waals surface area contributed by atoms with Gasteiger partial charge in [-0.2, -0.15) is 0 Å². The van der Waals surface area contributed by atoms with Crippen molar-refractivity contribution in [3.05, 3.63) is 58.7 Å². The summed E-state index contributed by atoms with van der Waals surface area (Å²) >= 11 is 0. The number of piperidine rings is 1. The van der Waals surface area contributed by atoms with E-state index in [4.69, 9.17) is 14.2 Å². The van der Waals surface area contributed by atoms with E-state index in [0.29, 0.717) is 25.0 Å². The van der Waals surface area contributed by atoms with E-state index in [1.165, 1.54) is 24.0 Å². The van der Waals surface area contributed by atoms with Crippen LogP contribution in [0.5, 0.6) is 23.0 Å². The topological polar surface area (TPSA) is 112 Å². The molecule has 9 nitrogen and oxygen atoms in total. The zero-order valence-electron chi connectivity index (χ0n) is 26.7. The normalized spacial score (nSPS) is 38.0. The third-order valence-corrected chi connectivity index (χ3v) is 12.7. The number of nitrogens with zero attached hydrogens (tertiary/aromatic N) is 2. The Morgan fingerprint density at radius 3 is 2.65 bits per heavy atom. The molecule has 10 rings (SSSR count). The predicted octanol–water partition coefficient (Wildman–Crippen LogP) is 3.38. The van der Waals surface area contributed by atoms with Gasteiger partial charge in [-0.05, 0) is 87.8 Å². The zero-order valence-corrected chi connectivity index (χ0v) is 26.7. The maximum absolute atomic E-state index is 12.7. The summed E-state index contributed by atoms with van der Waals surface area (Å²) in [6.07, 6.45) is 9.71. The number of phenols is 1. The Balaban J connectivity index is 0.000000129. The van der Waals surface area contributed by atoms with Crippen LogP contribution in [0.3, 0.4) is 0 Å². The van der Waals surface area contributed by atoms with E-state index >= 15 is 0 Å². The number of likely N-dealkylation sites (tertiary alicyclic amines) is 1. The molecule has 2 bridgehead atoms. The van der Waals surface area contributed by atoms with Crippen molar-refractivity contribution >= 4 is 5.78 Å². The van der Waals surface area contributed by atoms with Crippen molar-refractivity contribution in [2.24, 2.45) is 5.92 Å². The van der Waals surface area contributed by atoms with Gasteiger partial charge in [-0.1, -0.05) is 24.3 Å². The first kappa shape index (κ1) is 29.1. The summed E-state index contributed by atoms with van der Waals surface area (Å²) in [7, 11) is 3.84. The summed E-state index contributed by atoms with van der Waals surface area (Å²) in [6.45, 7) is 3.91. The maximum atomic E-state index is 12.7. The fraction of sp³-hybridized carbons (Fsp3) is 0.595. The minimum Gasteiger partial charge on any atom is -0.504 e. The summed E-state index contributed by atoms with van der Waals surface area (Å²) in [6, 6.07) is 7.85. The number of carbonyl (C=O) groups is 1. The summed E-state index contributed by atoms with van der Waals surface area (Å²) in [5.41, 5.74) is 2.94. The first-order valence-corrected chi connectivity index (χ1v) is 17.1. The monoisotopic (exact) mass is 628 g/mol. The van der Waals surface area contributed by atoms with Crippen LogP contribution in [0.15, 0.2) is 36.4 Å². The van der Waals surface area contributed by atoms with Crippen molar-refractivity contribution in [3.8, 4) is 23.0 Å². The molecule has 2 spiro atoms. The Kier molecular flexibility index (Phi) is 6.29. The van der Waals surface area contributed by atoms with Crippen LogP contribution in [-0.2, 0) is 28.6 Å². The largest absolute Gasteiger partial charge is 0.504 e. The molecular formula is C37H44N2O7. The van der Waals surface area contributed by atoms with Gasteiger partial charge in [0, 0.05) is 43.1 Å². The quantitative estimate of drug-likeness (QED) is 0.441. The molecule has 4 aliphatic heterocycles. The molecule has 2 aromatic rings. The average Bonchev–Trinajstić information content (AvgIpc) is 3.72. The molecule has 3 fully saturated rings. The highest BCUT2D eigenvalue weighted by molar-refractivity contribution is 5.90. The van der Waals surface area contributed by atoms with Crippen LogP contribution >= 0.6 is 0 Å². The number of methoxy groups -OCH3 is 1. The third kappa shape index (κ3) is 3.80. The first-order chi connectivity index (χ1) is 22.2. The van der Waals surface area contributed by atoms with Crippen molar-refractivity contribution in [2.75, 3.05) is 33.8 Å². The Labute approximate surface area is 269 Å². The number of aliphatic hydroxyl groups excluding tert-OH is 1. The molecule has 0 amide bonds. The number of ketones is 1. The predicted molar refractivity (Wildman–Crippen MR) is 170 cm³/mol.